The largest absolute Gasteiger partial charge is 0.484 e. The van der Waals surface area contributed by atoms with Gasteiger partial charge in [0.25, 0.3) is 5.91 Å². The number of fused-ring (bicyclic) bond motifs is 1. The number of aryl methyl sites for hydroxylation is 1. The molecule has 27 heavy (non-hydrogen) atoms. The molecular weight excluding hydrogens is 338 g/mol. The van der Waals surface area contributed by atoms with Gasteiger partial charge in [0.05, 0.1) is 5.69 Å². The van der Waals surface area contributed by atoms with Gasteiger partial charge in [0.2, 0.25) is 0 Å². The van der Waals surface area contributed by atoms with Crippen LogP contribution >= 0.6 is 0 Å². The topological polar surface area (TPSA) is 55.6 Å². The number of nitrogens with zero attached hydrogens (tertiary/aromatic N) is 2. The van der Waals surface area contributed by atoms with E-state index in [2.05, 4.69) is 10.3 Å². The van der Waals surface area contributed by atoms with E-state index in [1.54, 1.807) is 0 Å². The molecule has 0 atom stereocenters. The number of anilines is 1. The first-order valence-corrected chi connectivity index (χ1v) is 8.71. The fraction of sp³-hybridized carbons (Fsp3) is 0.0909. The summed E-state index contributed by atoms with van der Waals surface area (Å²) in [4.78, 5) is 16.8. The molecule has 2 aromatic heterocycles. The number of hydrogen-bond donors (Lipinski definition) is 1. The summed E-state index contributed by atoms with van der Waals surface area (Å²) in [5.41, 5.74) is 4.48. The van der Waals surface area contributed by atoms with Gasteiger partial charge >= 0.3 is 0 Å². The predicted molar refractivity (Wildman–Crippen MR) is 106 cm³/mol. The molecule has 0 radical (unpaired) electrons. The van der Waals surface area contributed by atoms with Gasteiger partial charge in [-0.15, -0.1) is 0 Å². The number of nitrogens with one attached hydrogen (secondary N) is 1. The van der Waals surface area contributed by atoms with Crippen molar-refractivity contribution in [3.63, 3.8) is 0 Å². The third-order valence-corrected chi connectivity index (χ3v) is 4.17. The van der Waals surface area contributed by atoms with Crippen LogP contribution in [0.4, 0.5) is 5.69 Å². The fourth-order valence-corrected chi connectivity index (χ4v) is 2.88. The van der Waals surface area contributed by atoms with Crippen LogP contribution in [0.15, 0.2) is 79.1 Å². The third kappa shape index (κ3) is 3.98. The highest BCUT2D eigenvalue weighted by Crippen LogP contribution is 2.22. The van der Waals surface area contributed by atoms with Gasteiger partial charge in [0.15, 0.2) is 6.61 Å². The lowest BCUT2D eigenvalue weighted by atomic mass is 10.1. The Hall–Kier alpha value is -3.60. The molecule has 0 saturated carbocycles. The Morgan fingerprint density at radius 1 is 1.07 bits per heavy atom. The second-order valence-electron chi connectivity index (χ2n) is 6.33. The molecule has 0 aliphatic carbocycles. The van der Waals surface area contributed by atoms with Crippen LogP contribution in [0.2, 0.25) is 0 Å². The minimum atomic E-state index is -0.205. The molecule has 1 N–H and O–H groups in total. The zero-order valence-corrected chi connectivity index (χ0v) is 14.9. The second-order valence-corrected chi connectivity index (χ2v) is 6.33. The van der Waals surface area contributed by atoms with Gasteiger partial charge in [-0.05, 0) is 48.9 Å². The molecule has 1 amide bonds. The number of carbonyl (C=O) groups excluding carboxylic acids is 1. The highest BCUT2D eigenvalue weighted by Gasteiger charge is 2.08. The van der Waals surface area contributed by atoms with E-state index in [4.69, 9.17) is 4.74 Å². The van der Waals surface area contributed by atoms with Crippen molar-refractivity contribution in [2.24, 2.45) is 0 Å². The van der Waals surface area contributed by atoms with Crippen LogP contribution in [-0.4, -0.2) is 21.9 Å². The van der Waals surface area contributed by atoms with Crippen molar-refractivity contribution in [1.29, 1.82) is 0 Å². The maximum absolute atomic E-state index is 12.2. The molecule has 0 fully saturated rings. The number of ether oxygens (including phenoxy) is 1. The van der Waals surface area contributed by atoms with Crippen LogP contribution in [-0.2, 0) is 4.79 Å². The number of carbonyl (C=O) groups is 1. The summed E-state index contributed by atoms with van der Waals surface area (Å²) in [6.07, 6.45) is 3.93. The van der Waals surface area contributed by atoms with E-state index >= 15 is 0 Å². The van der Waals surface area contributed by atoms with Gasteiger partial charge in [-0.25, -0.2) is 4.98 Å². The molecule has 2 aromatic carbocycles. The second kappa shape index (κ2) is 7.33. The quantitative estimate of drug-likeness (QED) is 0.578. The summed E-state index contributed by atoms with van der Waals surface area (Å²) in [5, 5.41) is 2.87. The van der Waals surface area contributed by atoms with Crippen molar-refractivity contribution >= 4 is 17.2 Å². The van der Waals surface area contributed by atoms with Gasteiger partial charge in [-0.3, -0.25) is 4.79 Å². The third-order valence-electron chi connectivity index (χ3n) is 4.17. The summed E-state index contributed by atoms with van der Waals surface area (Å²) in [6, 6.07) is 21.1. The SMILES string of the molecule is Cc1cccc(OCC(=O)Nc2cccc(-c3cn4ccccc4n3)c2)c1. The zero-order valence-electron chi connectivity index (χ0n) is 14.9. The van der Waals surface area contributed by atoms with E-state index < -0.39 is 0 Å². The number of amides is 1. The Morgan fingerprint density at radius 3 is 2.81 bits per heavy atom. The van der Waals surface area contributed by atoms with E-state index in [9.17, 15) is 4.79 Å². The van der Waals surface area contributed by atoms with E-state index in [1.165, 1.54) is 0 Å². The van der Waals surface area contributed by atoms with Crippen molar-refractivity contribution in [1.82, 2.24) is 9.38 Å². The molecule has 0 spiro atoms. The van der Waals surface area contributed by atoms with Crippen molar-refractivity contribution in [2.75, 3.05) is 11.9 Å². The van der Waals surface area contributed by atoms with E-state index in [0.717, 1.165) is 22.5 Å². The molecule has 0 bridgehead atoms. The number of aromatic nitrogens is 2. The first kappa shape index (κ1) is 16.8. The van der Waals surface area contributed by atoms with Crippen LogP contribution < -0.4 is 10.1 Å². The number of rotatable bonds is 5. The summed E-state index contributed by atoms with van der Waals surface area (Å²) < 4.78 is 7.52. The summed E-state index contributed by atoms with van der Waals surface area (Å²) in [5.74, 6) is 0.479. The average molecular weight is 357 g/mol. The van der Waals surface area contributed by atoms with Gasteiger partial charge in [0.1, 0.15) is 11.4 Å². The molecule has 0 unspecified atom stereocenters. The van der Waals surface area contributed by atoms with Crippen LogP contribution in [0.25, 0.3) is 16.9 Å². The molecule has 0 saturated heterocycles. The number of hydrogen-bond acceptors (Lipinski definition) is 3. The van der Waals surface area contributed by atoms with E-state index in [1.807, 2.05) is 90.4 Å². The smallest absolute Gasteiger partial charge is 0.262 e. The predicted octanol–water partition coefficient (Wildman–Crippen LogP) is 4.33. The van der Waals surface area contributed by atoms with Crippen molar-refractivity contribution in [2.45, 2.75) is 6.92 Å². The molecule has 0 aliphatic rings. The Labute approximate surface area is 157 Å². The highest BCUT2D eigenvalue weighted by atomic mass is 16.5. The molecular formula is C22H19N3O2. The first-order valence-electron chi connectivity index (χ1n) is 8.71. The van der Waals surface area contributed by atoms with Crippen molar-refractivity contribution in [3.8, 4) is 17.0 Å². The van der Waals surface area contributed by atoms with Crippen molar-refractivity contribution < 1.29 is 9.53 Å². The lowest BCUT2D eigenvalue weighted by molar-refractivity contribution is -0.118. The number of pyridine rings is 1. The average Bonchev–Trinajstić information content (AvgIpc) is 3.11. The summed E-state index contributed by atoms with van der Waals surface area (Å²) in [6.45, 7) is 1.94. The van der Waals surface area contributed by atoms with Gasteiger partial charge in [-0.1, -0.05) is 30.3 Å². The minimum Gasteiger partial charge on any atom is -0.484 e. The van der Waals surface area contributed by atoms with Gasteiger partial charge in [0, 0.05) is 23.6 Å². The Kier molecular flexibility index (Phi) is 4.58. The molecule has 0 aliphatic heterocycles. The maximum atomic E-state index is 12.2. The van der Waals surface area contributed by atoms with Gasteiger partial charge in [-0.2, -0.15) is 0 Å². The normalized spacial score (nSPS) is 10.7. The Balaban J connectivity index is 1.45. The summed E-state index contributed by atoms with van der Waals surface area (Å²) in [7, 11) is 0. The standard InChI is InChI=1S/C22H19N3O2/c1-16-6-4-9-19(12-16)27-15-22(26)23-18-8-5-7-17(13-18)20-14-25-11-3-2-10-21(25)24-20/h2-14H,15H2,1H3,(H,23,26). The lowest BCUT2D eigenvalue weighted by Gasteiger charge is -2.09. The monoisotopic (exact) mass is 357 g/mol. The van der Waals surface area contributed by atoms with Crippen LogP contribution in [0.5, 0.6) is 5.75 Å². The number of benzene rings is 2. The first-order chi connectivity index (χ1) is 13.2. The number of imidazole rings is 1. The Bertz CT molecular complexity index is 1070. The maximum Gasteiger partial charge on any atom is 0.262 e. The van der Waals surface area contributed by atoms with Gasteiger partial charge < -0.3 is 14.5 Å². The van der Waals surface area contributed by atoms with Crippen LogP contribution in [0.3, 0.4) is 0 Å². The molecule has 2 heterocycles. The molecule has 4 rings (SSSR count). The van der Waals surface area contributed by atoms with Crippen LogP contribution in [0, 0.1) is 6.92 Å². The Morgan fingerprint density at radius 2 is 1.96 bits per heavy atom. The highest BCUT2D eigenvalue weighted by molar-refractivity contribution is 5.92. The fourth-order valence-electron chi connectivity index (χ4n) is 2.88. The van der Waals surface area contributed by atoms with Crippen LogP contribution in [0.1, 0.15) is 5.56 Å². The van der Waals surface area contributed by atoms with Crippen molar-refractivity contribution in [3.05, 3.63) is 84.7 Å². The molecule has 5 nitrogen and oxygen atoms in total. The van der Waals surface area contributed by atoms with E-state index in [-0.39, 0.29) is 12.5 Å². The summed E-state index contributed by atoms with van der Waals surface area (Å²) >= 11 is 0. The van der Waals surface area contributed by atoms with E-state index in [0.29, 0.717) is 11.4 Å². The molecule has 4 aromatic rings. The minimum absolute atomic E-state index is 0.0396. The molecule has 5 heteroatoms. The molecule has 134 valence electrons. The lowest BCUT2D eigenvalue weighted by Crippen LogP contribution is -2.20. The zero-order chi connectivity index (χ0) is 18.6.